The number of hydrogen-bond acceptors (Lipinski definition) is 4. The third kappa shape index (κ3) is 3.52. The van der Waals surface area contributed by atoms with Crippen LogP contribution in [0.25, 0.3) is 16.5 Å². The number of esters is 1. The van der Waals surface area contributed by atoms with Crippen LogP contribution in [-0.4, -0.2) is 15.5 Å². The van der Waals surface area contributed by atoms with Crippen LogP contribution in [0, 0.1) is 0 Å². The maximum absolute atomic E-state index is 13.0. The molecule has 2 heterocycles. The zero-order valence-electron chi connectivity index (χ0n) is 14.7. The summed E-state index contributed by atoms with van der Waals surface area (Å²) < 4.78 is 6.88. The molecular weight excluding hydrogens is 376 g/mol. The van der Waals surface area contributed by atoms with Crippen molar-refractivity contribution < 1.29 is 9.53 Å². The van der Waals surface area contributed by atoms with E-state index < -0.39 is 5.97 Å². The number of carbonyl (C=O) groups is 1. The highest BCUT2D eigenvalue weighted by molar-refractivity contribution is 6.30. The average Bonchev–Trinajstić information content (AvgIpc) is 2.73. The summed E-state index contributed by atoms with van der Waals surface area (Å²) in [5, 5.41) is 1.48. The van der Waals surface area contributed by atoms with E-state index in [9.17, 15) is 9.59 Å². The van der Waals surface area contributed by atoms with Gasteiger partial charge in [-0.1, -0.05) is 35.9 Å². The molecule has 0 atom stereocenters. The lowest BCUT2D eigenvalue weighted by Crippen LogP contribution is -2.21. The lowest BCUT2D eigenvalue weighted by Gasteiger charge is -2.12. The predicted octanol–water partition coefficient (Wildman–Crippen LogP) is 4.40. The molecule has 28 heavy (non-hydrogen) atoms. The molecule has 0 saturated carbocycles. The monoisotopic (exact) mass is 390 g/mol. The van der Waals surface area contributed by atoms with Gasteiger partial charge < -0.3 is 4.74 Å². The summed E-state index contributed by atoms with van der Waals surface area (Å²) in [7, 11) is 0. The van der Waals surface area contributed by atoms with Crippen LogP contribution in [0.3, 0.4) is 0 Å². The van der Waals surface area contributed by atoms with Gasteiger partial charge in [0.05, 0.1) is 11.3 Å². The second-order valence-corrected chi connectivity index (χ2v) is 6.61. The van der Waals surface area contributed by atoms with E-state index in [4.69, 9.17) is 16.3 Å². The van der Waals surface area contributed by atoms with Gasteiger partial charge >= 0.3 is 5.97 Å². The van der Waals surface area contributed by atoms with Gasteiger partial charge in [-0.2, -0.15) is 0 Å². The second-order valence-electron chi connectivity index (χ2n) is 6.17. The maximum atomic E-state index is 13.0. The zero-order valence-corrected chi connectivity index (χ0v) is 15.5. The largest absolute Gasteiger partial charge is 0.457 e. The van der Waals surface area contributed by atoms with Crippen LogP contribution in [0.5, 0.6) is 0 Å². The predicted molar refractivity (Wildman–Crippen MR) is 108 cm³/mol. The maximum Gasteiger partial charge on any atom is 0.340 e. The van der Waals surface area contributed by atoms with Crippen molar-refractivity contribution in [3.8, 4) is 5.69 Å². The van der Waals surface area contributed by atoms with Crippen LogP contribution in [0.4, 0.5) is 0 Å². The van der Waals surface area contributed by atoms with Crippen LogP contribution >= 0.6 is 11.6 Å². The molecule has 0 aliphatic rings. The summed E-state index contributed by atoms with van der Waals surface area (Å²) in [4.78, 5) is 29.7. The Morgan fingerprint density at radius 1 is 1.00 bits per heavy atom. The number of fused-ring (bicyclic) bond motifs is 1. The molecule has 0 aliphatic carbocycles. The normalized spacial score (nSPS) is 10.8. The number of ether oxygens (including phenoxy) is 1. The molecule has 2 aromatic heterocycles. The van der Waals surface area contributed by atoms with E-state index in [1.165, 1.54) is 10.8 Å². The minimum absolute atomic E-state index is 0.117. The van der Waals surface area contributed by atoms with Crippen molar-refractivity contribution >= 4 is 28.3 Å². The van der Waals surface area contributed by atoms with Gasteiger partial charge in [0.15, 0.2) is 0 Å². The van der Waals surface area contributed by atoms with E-state index in [0.29, 0.717) is 27.0 Å². The molecule has 0 aliphatic heterocycles. The van der Waals surface area contributed by atoms with Gasteiger partial charge in [-0.15, -0.1) is 0 Å². The lowest BCUT2D eigenvalue weighted by molar-refractivity contribution is 0.0474. The van der Waals surface area contributed by atoms with E-state index in [-0.39, 0.29) is 12.2 Å². The summed E-state index contributed by atoms with van der Waals surface area (Å²) in [6, 6.07) is 17.4. The van der Waals surface area contributed by atoms with Gasteiger partial charge in [-0.25, -0.2) is 4.79 Å². The van der Waals surface area contributed by atoms with E-state index in [1.807, 2.05) is 0 Å². The number of hydrogen-bond donors (Lipinski definition) is 0. The molecule has 4 aromatic rings. The Kier molecular flexibility index (Phi) is 4.91. The highest BCUT2D eigenvalue weighted by Crippen LogP contribution is 2.20. The summed E-state index contributed by atoms with van der Waals surface area (Å²) in [5.74, 6) is -0.510. The number of pyridine rings is 2. The molecule has 6 heteroatoms. The van der Waals surface area contributed by atoms with Crippen molar-refractivity contribution in [1.82, 2.24) is 9.55 Å². The van der Waals surface area contributed by atoms with Gasteiger partial charge in [0.1, 0.15) is 6.61 Å². The van der Waals surface area contributed by atoms with Crippen LogP contribution in [-0.2, 0) is 11.3 Å². The molecule has 0 unspecified atom stereocenters. The molecule has 0 radical (unpaired) electrons. The summed E-state index contributed by atoms with van der Waals surface area (Å²) in [6.07, 6.45) is 4.78. The van der Waals surface area contributed by atoms with Gasteiger partial charge in [0.2, 0.25) is 0 Å². The number of nitrogens with zero attached hydrogens (tertiary/aromatic N) is 2. The van der Waals surface area contributed by atoms with Gasteiger partial charge in [0.25, 0.3) is 5.56 Å². The number of carbonyl (C=O) groups excluding carboxylic acids is 1. The first-order valence-electron chi connectivity index (χ1n) is 8.60. The Bertz CT molecular complexity index is 1220. The molecule has 0 spiro atoms. The summed E-state index contributed by atoms with van der Waals surface area (Å²) in [5.41, 5.74) is 1.48. The molecule has 0 amide bonds. The Labute approximate surface area is 165 Å². The first-order chi connectivity index (χ1) is 13.6. The lowest BCUT2D eigenvalue weighted by atomic mass is 10.1. The minimum Gasteiger partial charge on any atom is -0.457 e. The quantitative estimate of drug-likeness (QED) is 0.485. The van der Waals surface area contributed by atoms with Crippen molar-refractivity contribution in [2.24, 2.45) is 0 Å². The fourth-order valence-electron chi connectivity index (χ4n) is 2.98. The smallest absolute Gasteiger partial charge is 0.340 e. The molecule has 0 saturated heterocycles. The van der Waals surface area contributed by atoms with Gasteiger partial charge in [0, 0.05) is 34.4 Å². The zero-order chi connectivity index (χ0) is 19.5. The summed E-state index contributed by atoms with van der Waals surface area (Å²) >= 11 is 6.07. The van der Waals surface area contributed by atoms with Gasteiger partial charge in [-0.05, 0) is 42.0 Å². The van der Waals surface area contributed by atoms with E-state index in [2.05, 4.69) is 4.98 Å². The molecule has 0 fully saturated rings. The third-order valence-corrected chi connectivity index (χ3v) is 4.59. The standard InChI is InChI=1S/C22H15ClN2O3/c23-16-4-3-5-17(12-16)25-13-20(18-6-1-2-7-19(18)21(25)26)22(27)28-14-15-8-10-24-11-9-15/h1-13H,14H2. The van der Waals surface area contributed by atoms with Crippen LogP contribution < -0.4 is 5.56 Å². The van der Waals surface area contributed by atoms with Crippen LogP contribution in [0.1, 0.15) is 15.9 Å². The molecule has 0 bridgehead atoms. The molecule has 2 aromatic carbocycles. The number of rotatable bonds is 4. The SMILES string of the molecule is O=C(OCc1ccncc1)c1cn(-c2cccc(Cl)c2)c(=O)c2ccccc12. The fraction of sp³-hybridized carbons (Fsp3) is 0.0455. The summed E-state index contributed by atoms with van der Waals surface area (Å²) in [6.45, 7) is 0.117. The molecular formula is C22H15ClN2O3. The van der Waals surface area contributed by atoms with E-state index >= 15 is 0 Å². The molecule has 5 nitrogen and oxygen atoms in total. The van der Waals surface area contributed by atoms with Crippen molar-refractivity contribution in [3.63, 3.8) is 0 Å². The molecule has 0 N–H and O–H groups in total. The average molecular weight is 391 g/mol. The number of benzene rings is 2. The minimum atomic E-state index is -0.510. The van der Waals surface area contributed by atoms with E-state index in [0.717, 1.165) is 5.56 Å². The Balaban J connectivity index is 1.80. The van der Waals surface area contributed by atoms with Crippen molar-refractivity contribution in [2.45, 2.75) is 6.61 Å². The molecule has 138 valence electrons. The van der Waals surface area contributed by atoms with Crippen molar-refractivity contribution in [2.75, 3.05) is 0 Å². The van der Waals surface area contributed by atoms with Crippen molar-refractivity contribution in [1.29, 1.82) is 0 Å². The first kappa shape index (κ1) is 17.9. The topological polar surface area (TPSA) is 61.2 Å². The highest BCUT2D eigenvalue weighted by Gasteiger charge is 2.17. The number of aromatic nitrogens is 2. The first-order valence-corrected chi connectivity index (χ1v) is 8.97. The third-order valence-electron chi connectivity index (χ3n) is 4.35. The van der Waals surface area contributed by atoms with Gasteiger partial charge in [-0.3, -0.25) is 14.3 Å². The van der Waals surface area contributed by atoms with Crippen LogP contribution in [0.2, 0.25) is 5.02 Å². The molecule has 4 rings (SSSR count). The Morgan fingerprint density at radius 2 is 1.75 bits per heavy atom. The Morgan fingerprint density at radius 3 is 2.50 bits per heavy atom. The van der Waals surface area contributed by atoms with Crippen molar-refractivity contribution in [3.05, 3.63) is 106 Å². The number of halogens is 1. The Hall–Kier alpha value is -3.44. The second kappa shape index (κ2) is 7.66. The van der Waals surface area contributed by atoms with Crippen LogP contribution in [0.15, 0.2) is 84.0 Å². The van der Waals surface area contributed by atoms with E-state index in [1.54, 1.807) is 73.1 Å². The highest BCUT2D eigenvalue weighted by atomic mass is 35.5. The fourth-order valence-corrected chi connectivity index (χ4v) is 3.16.